The first-order valence-electron chi connectivity index (χ1n) is 2.23. The van der Waals surface area contributed by atoms with Crippen LogP contribution in [0.2, 0.25) is 0 Å². The van der Waals surface area contributed by atoms with E-state index in [-0.39, 0.29) is 0 Å². The van der Waals surface area contributed by atoms with Crippen molar-refractivity contribution in [3.63, 3.8) is 0 Å². The van der Waals surface area contributed by atoms with Gasteiger partial charge in [-0.25, -0.2) is 0 Å². The van der Waals surface area contributed by atoms with E-state index in [9.17, 15) is 0 Å². The van der Waals surface area contributed by atoms with Crippen molar-refractivity contribution < 1.29 is 20.1 Å². The predicted molar refractivity (Wildman–Crippen MR) is 22.9 cm³/mol. The van der Waals surface area contributed by atoms with Gasteiger partial charge >= 0.3 is 50.5 Å². The summed E-state index contributed by atoms with van der Waals surface area (Å²) < 4.78 is 2.26. The van der Waals surface area contributed by atoms with Gasteiger partial charge in [-0.1, -0.05) is 0 Å². The zero-order chi connectivity index (χ0) is 4.99. The average Bonchev–Trinajstić information content (AvgIpc) is 1.65. The first-order valence-corrected chi connectivity index (χ1v) is 3.13. The summed E-state index contributed by atoms with van der Waals surface area (Å²) in [7, 11) is 0. The molecule has 0 amide bonds. The molecule has 0 aromatic rings. The average molecular weight is 168 g/mol. The molecule has 0 aromatic carbocycles. The summed E-state index contributed by atoms with van der Waals surface area (Å²) in [6.45, 7) is 6.65. The van der Waals surface area contributed by atoms with Gasteiger partial charge in [0, 0.05) is 0 Å². The second-order valence-electron chi connectivity index (χ2n) is 1.11. The van der Waals surface area contributed by atoms with Crippen LogP contribution in [0.4, 0.5) is 0 Å². The Hall–Kier alpha value is 0.648. The Bertz CT molecular complexity index is 26.7. The van der Waals surface area contributed by atoms with E-state index in [0.717, 1.165) is 0 Å². The monoisotopic (exact) mass is 170 g/mol. The van der Waals surface area contributed by atoms with E-state index >= 15 is 0 Å². The summed E-state index contributed by atoms with van der Waals surface area (Å²) in [5.41, 5.74) is 0. The van der Waals surface area contributed by atoms with Crippen molar-refractivity contribution in [2.75, 3.05) is 13.1 Å². The quantitative estimate of drug-likeness (QED) is 0.551. The molecule has 0 aliphatic rings. The van der Waals surface area contributed by atoms with E-state index in [1.165, 1.54) is 13.1 Å². The molecule has 0 radical (unpaired) electrons. The molecule has 0 unspecified atom stereocenters. The van der Waals surface area contributed by atoms with Gasteiger partial charge < -0.3 is 0 Å². The molecule has 0 aliphatic carbocycles. The SMILES string of the molecule is CC[N]([Mo])CC. The van der Waals surface area contributed by atoms with Crippen molar-refractivity contribution in [3.8, 4) is 0 Å². The van der Waals surface area contributed by atoms with Crippen molar-refractivity contribution in [2.45, 2.75) is 13.8 Å². The van der Waals surface area contributed by atoms with Crippen LogP contribution in [0.25, 0.3) is 0 Å². The molecular formula is C4H10MoN. The Balaban J connectivity index is 2.75. The minimum atomic E-state index is 1.17. The summed E-state index contributed by atoms with van der Waals surface area (Å²) in [4.78, 5) is 0. The predicted octanol–water partition coefficient (Wildman–Crippen LogP) is 0.790. The minimum absolute atomic E-state index is 1.17. The zero-order valence-corrected chi connectivity index (χ0v) is 6.28. The van der Waals surface area contributed by atoms with Gasteiger partial charge in [-0.05, 0) is 0 Å². The maximum atomic E-state index is 2.26. The number of nitrogens with zero attached hydrogens (tertiary/aromatic N) is 1. The molecular weight excluding hydrogens is 158 g/mol. The Labute approximate surface area is 50.9 Å². The second-order valence-corrected chi connectivity index (χ2v) is 2.38. The van der Waals surface area contributed by atoms with Gasteiger partial charge in [0.25, 0.3) is 0 Å². The fraction of sp³-hybridized carbons (Fsp3) is 1.00. The molecule has 0 rings (SSSR count). The van der Waals surface area contributed by atoms with Gasteiger partial charge in [-0.3, -0.25) is 0 Å². The molecule has 6 heavy (non-hydrogen) atoms. The normalized spacial score (nSPS) is 9.83. The van der Waals surface area contributed by atoms with Crippen molar-refractivity contribution in [2.24, 2.45) is 0 Å². The van der Waals surface area contributed by atoms with Crippen molar-refractivity contribution >= 4 is 0 Å². The molecule has 0 spiro atoms. The van der Waals surface area contributed by atoms with Gasteiger partial charge in [-0.15, -0.1) is 0 Å². The van der Waals surface area contributed by atoms with Crippen molar-refractivity contribution in [3.05, 3.63) is 0 Å². The summed E-state index contributed by atoms with van der Waals surface area (Å²) in [5, 5.41) is 0. The standard InChI is InChI=1S/C4H10N.Mo/c1-3-5-4-2;/h3-4H2,1-2H3;/q-1;+1. The number of rotatable bonds is 2. The summed E-state index contributed by atoms with van der Waals surface area (Å²) in [5.74, 6) is 0. The topological polar surface area (TPSA) is 3.24 Å². The fourth-order valence-electron chi connectivity index (χ4n) is 0.224. The molecule has 37 valence electrons. The molecule has 0 atom stereocenters. The fourth-order valence-corrected chi connectivity index (χ4v) is 0.224. The molecule has 0 N–H and O–H groups in total. The van der Waals surface area contributed by atoms with E-state index in [4.69, 9.17) is 0 Å². The molecule has 1 nitrogen and oxygen atoms in total. The van der Waals surface area contributed by atoms with Gasteiger partial charge in [0.2, 0.25) is 0 Å². The van der Waals surface area contributed by atoms with Crippen LogP contribution in [-0.2, 0) is 20.1 Å². The maximum absolute atomic E-state index is 2.26. The van der Waals surface area contributed by atoms with Crippen LogP contribution in [0.5, 0.6) is 0 Å². The Morgan fingerprint density at radius 3 is 1.67 bits per heavy atom. The van der Waals surface area contributed by atoms with E-state index in [2.05, 4.69) is 17.3 Å². The molecule has 2 heteroatoms. The van der Waals surface area contributed by atoms with Crippen LogP contribution in [-0.4, -0.2) is 16.5 Å². The molecule has 0 fully saturated rings. The number of hydrogen-bond acceptors (Lipinski definition) is 1. The van der Waals surface area contributed by atoms with E-state index < -0.39 is 0 Å². The first kappa shape index (κ1) is 6.65. The third-order valence-electron chi connectivity index (χ3n) is 0.705. The Morgan fingerprint density at radius 2 is 1.67 bits per heavy atom. The van der Waals surface area contributed by atoms with E-state index in [0.29, 0.717) is 0 Å². The third-order valence-corrected chi connectivity index (χ3v) is 1.97. The van der Waals surface area contributed by atoms with Gasteiger partial charge in [-0.2, -0.15) is 0 Å². The second kappa shape index (κ2) is 3.83. The Morgan fingerprint density at radius 1 is 1.33 bits per heavy atom. The first-order chi connectivity index (χ1) is 2.81. The summed E-state index contributed by atoms with van der Waals surface area (Å²) in [6.07, 6.45) is 0. The van der Waals surface area contributed by atoms with E-state index in [1.54, 1.807) is 0 Å². The third kappa shape index (κ3) is 2.86. The van der Waals surface area contributed by atoms with Crippen molar-refractivity contribution in [1.29, 1.82) is 0 Å². The van der Waals surface area contributed by atoms with E-state index in [1.807, 2.05) is 20.1 Å². The molecule has 0 bridgehead atoms. The molecule has 0 saturated carbocycles. The van der Waals surface area contributed by atoms with Crippen LogP contribution < -0.4 is 0 Å². The molecule has 0 heterocycles. The molecule has 0 aliphatic heterocycles. The van der Waals surface area contributed by atoms with Crippen molar-refractivity contribution in [1.82, 2.24) is 3.46 Å². The zero-order valence-electron chi connectivity index (χ0n) is 4.27. The summed E-state index contributed by atoms with van der Waals surface area (Å²) >= 11 is 2.05. The van der Waals surface area contributed by atoms with Gasteiger partial charge in [0.1, 0.15) is 0 Å². The van der Waals surface area contributed by atoms with Crippen LogP contribution in [0.1, 0.15) is 13.8 Å². The summed E-state index contributed by atoms with van der Waals surface area (Å²) in [6, 6.07) is 0. The Kier molecular flexibility index (Phi) is 4.24. The van der Waals surface area contributed by atoms with Crippen LogP contribution in [0.3, 0.4) is 0 Å². The van der Waals surface area contributed by atoms with Gasteiger partial charge in [0.05, 0.1) is 0 Å². The molecule has 0 aromatic heterocycles. The number of hydrogen-bond donors (Lipinski definition) is 0. The van der Waals surface area contributed by atoms with Crippen LogP contribution in [0, 0.1) is 0 Å². The van der Waals surface area contributed by atoms with Crippen LogP contribution >= 0.6 is 0 Å². The van der Waals surface area contributed by atoms with Gasteiger partial charge in [0.15, 0.2) is 0 Å². The van der Waals surface area contributed by atoms with Crippen LogP contribution in [0.15, 0.2) is 0 Å². The molecule has 0 saturated heterocycles.